The lowest BCUT2D eigenvalue weighted by Crippen LogP contribution is -2.55. The van der Waals surface area contributed by atoms with Crippen LogP contribution in [-0.2, 0) is 4.79 Å². The Hall–Kier alpha value is -1.50. The highest BCUT2D eigenvalue weighted by molar-refractivity contribution is 6.99. The van der Waals surface area contributed by atoms with Crippen molar-refractivity contribution in [2.75, 3.05) is 0 Å². The van der Waals surface area contributed by atoms with Crippen molar-refractivity contribution in [3.05, 3.63) is 11.4 Å². The number of aryl methyl sites for hydroxylation is 1. The Morgan fingerprint density at radius 3 is 2.47 bits per heavy atom. The Balaban J connectivity index is 2.17. The van der Waals surface area contributed by atoms with Gasteiger partial charge in [-0.05, 0) is 19.8 Å². The minimum Gasteiger partial charge on any atom is -0.368 e. The number of nitrogens with one attached hydrogen (secondary N) is 1. The van der Waals surface area contributed by atoms with Gasteiger partial charge in [-0.1, -0.05) is 12.8 Å². The van der Waals surface area contributed by atoms with Crippen molar-refractivity contribution >= 4 is 23.5 Å². The highest BCUT2D eigenvalue weighted by Gasteiger charge is 2.41. The Bertz CT molecular complexity index is 451. The van der Waals surface area contributed by atoms with Gasteiger partial charge in [-0.3, -0.25) is 9.59 Å². The summed E-state index contributed by atoms with van der Waals surface area (Å²) in [7, 11) is 0. The Morgan fingerprint density at radius 1 is 1.35 bits per heavy atom. The average molecular weight is 254 g/mol. The lowest BCUT2D eigenvalue weighted by Gasteiger charge is -2.26. The van der Waals surface area contributed by atoms with Crippen molar-refractivity contribution in [2.45, 2.75) is 38.1 Å². The summed E-state index contributed by atoms with van der Waals surface area (Å²) < 4.78 is 7.85. The maximum atomic E-state index is 12.0. The average Bonchev–Trinajstić information content (AvgIpc) is 2.87. The van der Waals surface area contributed by atoms with Gasteiger partial charge < -0.3 is 11.1 Å². The SMILES string of the molecule is Cc1nsnc1C(=O)NC1(C(N)=O)CCCC1. The summed E-state index contributed by atoms with van der Waals surface area (Å²) >= 11 is 0.983. The molecule has 1 fully saturated rings. The van der Waals surface area contributed by atoms with Crippen molar-refractivity contribution in [3.63, 3.8) is 0 Å². The number of primary amides is 1. The number of hydrogen-bond acceptors (Lipinski definition) is 5. The van der Waals surface area contributed by atoms with Gasteiger partial charge in [0.05, 0.1) is 17.4 Å². The first-order chi connectivity index (χ1) is 8.05. The van der Waals surface area contributed by atoms with E-state index in [9.17, 15) is 9.59 Å². The zero-order valence-electron chi connectivity index (χ0n) is 9.52. The van der Waals surface area contributed by atoms with Crippen LogP contribution in [0.2, 0.25) is 0 Å². The van der Waals surface area contributed by atoms with Gasteiger partial charge >= 0.3 is 0 Å². The minimum atomic E-state index is -0.896. The van der Waals surface area contributed by atoms with Crippen molar-refractivity contribution in [1.82, 2.24) is 14.1 Å². The smallest absolute Gasteiger partial charge is 0.273 e. The number of rotatable bonds is 3. The molecule has 0 saturated heterocycles. The van der Waals surface area contributed by atoms with Gasteiger partial charge in [0.15, 0.2) is 5.69 Å². The second-order valence-electron chi connectivity index (χ2n) is 4.31. The monoisotopic (exact) mass is 254 g/mol. The van der Waals surface area contributed by atoms with Crippen molar-refractivity contribution < 1.29 is 9.59 Å². The molecule has 0 spiro atoms. The third kappa shape index (κ3) is 2.14. The maximum Gasteiger partial charge on any atom is 0.273 e. The van der Waals surface area contributed by atoms with Gasteiger partial charge in [0.1, 0.15) is 5.54 Å². The fourth-order valence-electron chi connectivity index (χ4n) is 2.13. The summed E-state index contributed by atoms with van der Waals surface area (Å²) in [6.07, 6.45) is 3.00. The lowest BCUT2D eigenvalue weighted by molar-refractivity contribution is -0.123. The highest BCUT2D eigenvalue weighted by atomic mass is 32.1. The molecule has 0 atom stereocenters. The van der Waals surface area contributed by atoms with Gasteiger partial charge in [0, 0.05) is 0 Å². The van der Waals surface area contributed by atoms with Gasteiger partial charge in [0.25, 0.3) is 5.91 Å². The maximum absolute atomic E-state index is 12.0. The molecule has 17 heavy (non-hydrogen) atoms. The summed E-state index contributed by atoms with van der Waals surface area (Å²) in [5.41, 5.74) is 5.34. The van der Waals surface area contributed by atoms with E-state index < -0.39 is 11.4 Å². The molecule has 7 heteroatoms. The number of amides is 2. The van der Waals surface area contributed by atoms with Gasteiger partial charge in [-0.15, -0.1) is 0 Å². The van der Waals surface area contributed by atoms with Gasteiger partial charge in [-0.25, -0.2) is 0 Å². The summed E-state index contributed by atoms with van der Waals surface area (Å²) in [6.45, 7) is 1.71. The van der Waals surface area contributed by atoms with E-state index >= 15 is 0 Å². The highest BCUT2D eigenvalue weighted by Crippen LogP contribution is 2.29. The van der Waals surface area contributed by atoms with E-state index in [1.165, 1.54) is 0 Å². The standard InChI is InChI=1S/C10H14N4O2S/c1-6-7(14-17-13-6)8(15)12-10(9(11)16)4-2-3-5-10/h2-5H2,1H3,(H2,11,16)(H,12,15). The first kappa shape index (κ1) is 12.0. The number of carbonyl (C=O) groups is 2. The van der Waals surface area contributed by atoms with E-state index in [2.05, 4.69) is 14.1 Å². The molecule has 0 unspecified atom stereocenters. The van der Waals surface area contributed by atoms with Crippen LogP contribution in [0.25, 0.3) is 0 Å². The largest absolute Gasteiger partial charge is 0.368 e. The summed E-state index contributed by atoms with van der Waals surface area (Å²) in [5.74, 6) is -0.832. The molecule has 1 aliphatic rings. The number of hydrogen-bond donors (Lipinski definition) is 2. The Kier molecular flexibility index (Phi) is 3.10. The molecule has 1 heterocycles. The summed E-state index contributed by atoms with van der Waals surface area (Å²) in [5, 5.41) is 2.73. The lowest BCUT2D eigenvalue weighted by atomic mass is 9.96. The van der Waals surface area contributed by atoms with Crippen LogP contribution in [0.3, 0.4) is 0 Å². The van der Waals surface area contributed by atoms with Crippen LogP contribution < -0.4 is 11.1 Å². The van der Waals surface area contributed by atoms with E-state index in [-0.39, 0.29) is 11.6 Å². The normalized spacial score (nSPS) is 17.9. The van der Waals surface area contributed by atoms with Crippen LogP contribution in [0.5, 0.6) is 0 Å². The predicted octanol–water partition coefficient (Wildman–Crippen LogP) is 0.374. The molecule has 2 rings (SSSR count). The molecule has 1 aromatic rings. The van der Waals surface area contributed by atoms with E-state index in [1.54, 1.807) is 6.92 Å². The van der Waals surface area contributed by atoms with Crippen molar-refractivity contribution in [2.24, 2.45) is 5.73 Å². The summed E-state index contributed by atoms with van der Waals surface area (Å²) in [6, 6.07) is 0. The zero-order valence-corrected chi connectivity index (χ0v) is 10.3. The second kappa shape index (κ2) is 4.40. The number of carbonyl (C=O) groups excluding carboxylic acids is 2. The molecule has 1 aromatic heterocycles. The summed E-state index contributed by atoms with van der Waals surface area (Å²) in [4.78, 5) is 23.5. The quantitative estimate of drug-likeness (QED) is 0.814. The van der Waals surface area contributed by atoms with Crippen LogP contribution in [0.1, 0.15) is 41.9 Å². The van der Waals surface area contributed by atoms with E-state index in [1.807, 2.05) is 0 Å². The second-order valence-corrected chi connectivity index (χ2v) is 4.83. The number of aromatic nitrogens is 2. The predicted molar refractivity (Wildman–Crippen MR) is 62.5 cm³/mol. The third-order valence-electron chi connectivity index (χ3n) is 3.15. The van der Waals surface area contributed by atoms with Gasteiger partial charge in [-0.2, -0.15) is 8.75 Å². The van der Waals surface area contributed by atoms with E-state index in [0.717, 1.165) is 24.6 Å². The molecular formula is C10H14N4O2S. The molecular weight excluding hydrogens is 240 g/mol. The first-order valence-electron chi connectivity index (χ1n) is 5.47. The van der Waals surface area contributed by atoms with Crippen LogP contribution >= 0.6 is 11.7 Å². The van der Waals surface area contributed by atoms with Crippen LogP contribution in [-0.4, -0.2) is 26.1 Å². The number of nitrogens with zero attached hydrogens (tertiary/aromatic N) is 2. The molecule has 92 valence electrons. The fourth-order valence-corrected chi connectivity index (χ4v) is 2.67. The molecule has 1 saturated carbocycles. The van der Waals surface area contributed by atoms with Crippen LogP contribution in [0, 0.1) is 6.92 Å². The molecule has 6 nitrogen and oxygen atoms in total. The molecule has 3 N–H and O–H groups in total. The molecule has 1 aliphatic carbocycles. The molecule has 0 aliphatic heterocycles. The van der Waals surface area contributed by atoms with E-state index in [4.69, 9.17) is 5.73 Å². The molecule has 2 amide bonds. The minimum absolute atomic E-state index is 0.280. The van der Waals surface area contributed by atoms with Gasteiger partial charge in [0.2, 0.25) is 5.91 Å². The Morgan fingerprint density at radius 2 is 2.00 bits per heavy atom. The molecule has 0 bridgehead atoms. The van der Waals surface area contributed by atoms with Crippen molar-refractivity contribution in [3.8, 4) is 0 Å². The van der Waals surface area contributed by atoms with E-state index in [0.29, 0.717) is 18.5 Å². The van der Waals surface area contributed by atoms with Crippen LogP contribution in [0.4, 0.5) is 0 Å². The first-order valence-corrected chi connectivity index (χ1v) is 6.20. The fraction of sp³-hybridized carbons (Fsp3) is 0.600. The molecule has 0 radical (unpaired) electrons. The molecule has 0 aromatic carbocycles. The zero-order chi connectivity index (χ0) is 12.5. The third-order valence-corrected chi connectivity index (χ3v) is 3.77. The number of nitrogens with two attached hydrogens (primary N) is 1. The van der Waals surface area contributed by atoms with Crippen molar-refractivity contribution in [1.29, 1.82) is 0 Å². The van der Waals surface area contributed by atoms with Crippen LogP contribution in [0.15, 0.2) is 0 Å². The topological polar surface area (TPSA) is 98.0 Å². The Labute approximate surface area is 103 Å².